The summed E-state index contributed by atoms with van der Waals surface area (Å²) in [5, 5.41) is 2.94. The Morgan fingerprint density at radius 2 is 2.24 bits per heavy atom. The molecule has 0 fully saturated rings. The van der Waals surface area contributed by atoms with Gasteiger partial charge in [0.15, 0.2) is 6.61 Å². The van der Waals surface area contributed by atoms with Crippen LogP contribution in [0.3, 0.4) is 0 Å². The van der Waals surface area contributed by atoms with Crippen molar-refractivity contribution in [3.8, 4) is 17.0 Å². The van der Waals surface area contributed by atoms with Crippen molar-refractivity contribution in [3.63, 3.8) is 0 Å². The zero-order valence-corrected chi connectivity index (χ0v) is 15.3. The molecule has 7 heteroatoms. The first-order valence-corrected chi connectivity index (χ1v) is 9.11. The van der Waals surface area contributed by atoms with Crippen LogP contribution in [0.1, 0.15) is 25.3 Å². The number of anilines is 1. The number of thiazole rings is 1. The maximum Gasteiger partial charge on any atom is 0.329 e. The lowest BCUT2D eigenvalue weighted by atomic mass is 10.1. The second-order valence-corrected chi connectivity index (χ2v) is 6.73. The molecule has 1 unspecified atom stereocenters. The fraction of sp³-hybridized carbons (Fsp3) is 0.389. The number of amides is 1. The van der Waals surface area contributed by atoms with Crippen LogP contribution in [0.2, 0.25) is 0 Å². The lowest BCUT2D eigenvalue weighted by molar-refractivity contribution is -0.146. The van der Waals surface area contributed by atoms with Gasteiger partial charge in [0.1, 0.15) is 11.8 Å². The number of aromatic nitrogens is 1. The van der Waals surface area contributed by atoms with Gasteiger partial charge < -0.3 is 9.47 Å². The van der Waals surface area contributed by atoms with Gasteiger partial charge in [-0.2, -0.15) is 0 Å². The first-order valence-electron chi connectivity index (χ1n) is 8.23. The molecular formula is C18H20N2O4S. The maximum absolute atomic E-state index is 12.5. The number of esters is 1. The molecule has 0 saturated carbocycles. The van der Waals surface area contributed by atoms with Crippen LogP contribution in [0.4, 0.5) is 5.69 Å². The van der Waals surface area contributed by atoms with Crippen LogP contribution in [0.5, 0.6) is 5.75 Å². The van der Waals surface area contributed by atoms with E-state index in [2.05, 4.69) is 4.98 Å². The molecule has 3 rings (SSSR count). The molecule has 132 valence electrons. The van der Waals surface area contributed by atoms with E-state index in [0.717, 1.165) is 16.3 Å². The van der Waals surface area contributed by atoms with Crippen LogP contribution in [0.15, 0.2) is 23.6 Å². The van der Waals surface area contributed by atoms with E-state index in [4.69, 9.17) is 9.47 Å². The summed E-state index contributed by atoms with van der Waals surface area (Å²) in [6.45, 7) is 5.75. The average Bonchev–Trinajstić information content (AvgIpc) is 3.03. The summed E-state index contributed by atoms with van der Waals surface area (Å²) in [5.74, 6) is -0.0711. The lowest BCUT2D eigenvalue weighted by Gasteiger charge is -2.34. The van der Waals surface area contributed by atoms with Gasteiger partial charge in [0.2, 0.25) is 0 Å². The highest BCUT2D eigenvalue weighted by Gasteiger charge is 2.35. The number of hydrogen-bond acceptors (Lipinski definition) is 6. The molecule has 0 radical (unpaired) electrons. The first-order chi connectivity index (χ1) is 12.0. The van der Waals surface area contributed by atoms with Gasteiger partial charge in [0.05, 0.1) is 23.0 Å². The molecule has 2 heterocycles. The number of carbonyl (C=O) groups is 2. The minimum absolute atomic E-state index is 0.0853. The van der Waals surface area contributed by atoms with E-state index in [1.54, 1.807) is 18.3 Å². The van der Waals surface area contributed by atoms with E-state index in [1.807, 2.05) is 37.4 Å². The average molecular weight is 360 g/mol. The molecule has 1 aliphatic heterocycles. The van der Waals surface area contributed by atoms with Crippen LogP contribution in [-0.2, 0) is 14.3 Å². The van der Waals surface area contributed by atoms with Gasteiger partial charge in [-0.05, 0) is 38.5 Å². The molecule has 25 heavy (non-hydrogen) atoms. The van der Waals surface area contributed by atoms with E-state index in [0.29, 0.717) is 17.9 Å². The Morgan fingerprint density at radius 1 is 1.44 bits per heavy atom. The summed E-state index contributed by atoms with van der Waals surface area (Å²) < 4.78 is 10.7. The van der Waals surface area contributed by atoms with Gasteiger partial charge in [0, 0.05) is 10.9 Å². The van der Waals surface area contributed by atoms with E-state index in [9.17, 15) is 9.59 Å². The minimum atomic E-state index is -0.664. The van der Waals surface area contributed by atoms with E-state index in [-0.39, 0.29) is 19.1 Å². The fourth-order valence-corrected chi connectivity index (χ4v) is 3.48. The van der Waals surface area contributed by atoms with Crippen molar-refractivity contribution in [2.24, 2.45) is 0 Å². The molecule has 1 atom stereocenters. The number of nitrogens with zero attached hydrogens (tertiary/aromatic N) is 2. The highest BCUT2D eigenvalue weighted by molar-refractivity contribution is 7.09. The Hall–Kier alpha value is -2.41. The number of carbonyl (C=O) groups excluding carboxylic acids is 2. The van der Waals surface area contributed by atoms with E-state index < -0.39 is 12.0 Å². The molecule has 0 spiro atoms. The highest BCUT2D eigenvalue weighted by Crippen LogP contribution is 2.38. The predicted octanol–water partition coefficient (Wildman–Crippen LogP) is 3.19. The van der Waals surface area contributed by atoms with Crippen LogP contribution in [0, 0.1) is 6.92 Å². The third kappa shape index (κ3) is 3.37. The Balaban J connectivity index is 2.04. The molecule has 0 bridgehead atoms. The lowest BCUT2D eigenvalue weighted by Crippen LogP contribution is -2.49. The molecule has 2 aromatic rings. The third-order valence-corrected chi connectivity index (χ3v) is 4.78. The smallest absolute Gasteiger partial charge is 0.329 e. The summed E-state index contributed by atoms with van der Waals surface area (Å²) in [7, 11) is 0. The summed E-state index contributed by atoms with van der Waals surface area (Å²) in [4.78, 5) is 30.8. The van der Waals surface area contributed by atoms with Crippen molar-refractivity contribution in [1.29, 1.82) is 0 Å². The Labute approximate surface area is 150 Å². The SMILES string of the molecule is CCOC(=O)C(CC)N1C(=O)COc2ccc(-c3csc(C)n3)cc21. The molecule has 1 amide bonds. The highest BCUT2D eigenvalue weighted by atomic mass is 32.1. The van der Waals surface area contributed by atoms with Crippen LogP contribution < -0.4 is 9.64 Å². The van der Waals surface area contributed by atoms with Gasteiger partial charge in [-0.25, -0.2) is 9.78 Å². The largest absolute Gasteiger partial charge is 0.482 e. The van der Waals surface area contributed by atoms with Crippen molar-refractivity contribution in [1.82, 2.24) is 4.98 Å². The van der Waals surface area contributed by atoms with Gasteiger partial charge in [0.25, 0.3) is 5.91 Å². The number of aryl methyl sites for hydroxylation is 1. The number of ether oxygens (including phenoxy) is 2. The number of fused-ring (bicyclic) bond motifs is 1. The van der Waals surface area contributed by atoms with Crippen LogP contribution in [-0.4, -0.2) is 36.1 Å². The number of benzene rings is 1. The summed E-state index contributed by atoms with van der Waals surface area (Å²) in [6.07, 6.45) is 0.462. The van der Waals surface area contributed by atoms with Crippen molar-refractivity contribution < 1.29 is 19.1 Å². The van der Waals surface area contributed by atoms with Gasteiger partial charge in [-0.15, -0.1) is 11.3 Å². The monoisotopic (exact) mass is 360 g/mol. The van der Waals surface area contributed by atoms with Crippen molar-refractivity contribution in [2.45, 2.75) is 33.2 Å². The zero-order valence-electron chi connectivity index (χ0n) is 14.4. The second-order valence-electron chi connectivity index (χ2n) is 5.66. The quantitative estimate of drug-likeness (QED) is 0.766. The molecule has 0 aliphatic carbocycles. The van der Waals surface area contributed by atoms with Crippen LogP contribution in [0.25, 0.3) is 11.3 Å². The Kier molecular flexibility index (Phi) is 5.03. The predicted molar refractivity (Wildman–Crippen MR) is 96.0 cm³/mol. The number of rotatable bonds is 5. The molecule has 0 N–H and O–H groups in total. The summed E-state index contributed by atoms with van der Waals surface area (Å²) in [6, 6.07) is 4.91. The molecule has 1 aromatic heterocycles. The van der Waals surface area contributed by atoms with Crippen molar-refractivity contribution in [3.05, 3.63) is 28.6 Å². The number of hydrogen-bond donors (Lipinski definition) is 0. The van der Waals surface area contributed by atoms with Crippen molar-refractivity contribution in [2.75, 3.05) is 18.1 Å². The second kappa shape index (κ2) is 7.23. The minimum Gasteiger partial charge on any atom is -0.482 e. The maximum atomic E-state index is 12.5. The summed E-state index contributed by atoms with van der Waals surface area (Å²) >= 11 is 1.56. The van der Waals surface area contributed by atoms with Crippen LogP contribution >= 0.6 is 11.3 Å². The normalized spacial score (nSPS) is 14.7. The molecular weight excluding hydrogens is 340 g/mol. The van der Waals surface area contributed by atoms with Gasteiger partial charge >= 0.3 is 5.97 Å². The Bertz CT molecular complexity index is 802. The third-order valence-electron chi connectivity index (χ3n) is 4.01. The fourth-order valence-electron chi connectivity index (χ4n) is 2.86. The van der Waals surface area contributed by atoms with E-state index >= 15 is 0 Å². The van der Waals surface area contributed by atoms with Gasteiger partial charge in [-0.1, -0.05) is 6.92 Å². The molecule has 6 nitrogen and oxygen atoms in total. The van der Waals surface area contributed by atoms with Gasteiger partial charge in [-0.3, -0.25) is 9.69 Å². The zero-order chi connectivity index (χ0) is 18.0. The first kappa shape index (κ1) is 17.4. The summed E-state index contributed by atoms with van der Waals surface area (Å²) in [5.41, 5.74) is 2.30. The molecule has 1 aromatic carbocycles. The molecule has 1 aliphatic rings. The standard InChI is InChI=1S/C18H20N2O4S/c1-4-14(18(22)23-5-2)20-15-8-12(13-10-25-11(3)19-13)6-7-16(15)24-9-17(20)21/h6-8,10,14H,4-5,9H2,1-3H3. The topological polar surface area (TPSA) is 68.7 Å². The molecule has 0 saturated heterocycles. The van der Waals surface area contributed by atoms with E-state index in [1.165, 1.54) is 4.90 Å². The Morgan fingerprint density at radius 3 is 2.88 bits per heavy atom. The van der Waals surface area contributed by atoms with Crippen molar-refractivity contribution >= 4 is 28.9 Å².